The summed E-state index contributed by atoms with van der Waals surface area (Å²) in [5, 5.41) is 6.11. The lowest BCUT2D eigenvalue weighted by atomic mass is 10.1. The number of rotatable bonds is 3. The van der Waals surface area contributed by atoms with Gasteiger partial charge < -0.3 is 15.4 Å². The van der Waals surface area contributed by atoms with E-state index in [-0.39, 0.29) is 11.9 Å². The molecule has 5 nitrogen and oxygen atoms in total. The summed E-state index contributed by atoms with van der Waals surface area (Å²) in [4.78, 5) is 16.8. The fourth-order valence-corrected chi connectivity index (χ4v) is 3.13. The second-order valence-corrected chi connectivity index (χ2v) is 5.97. The molecule has 2 N–H and O–H groups in total. The summed E-state index contributed by atoms with van der Waals surface area (Å²) < 4.78 is 5.54. The molecule has 2 aromatic rings. The average molecular weight is 309 g/mol. The van der Waals surface area contributed by atoms with Gasteiger partial charge in [0.25, 0.3) is 0 Å². The molecule has 0 radical (unpaired) electrons. The Hall–Kier alpha value is -2.40. The summed E-state index contributed by atoms with van der Waals surface area (Å²) in [7, 11) is 0. The number of pyridine rings is 1. The van der Waals surface area contributed by atoms with Gasteiger partial charge in [-0.15, -0.1) is 0 Å². The molecule has 3 heterocycles. The van der Waals surface area contributed by atoms with Crippen LogP contribution in [0.3, 0.4) is 0 Å². The van der Waals surface area contributed by atoms with Gasteiger partial charge in [0, 0.05) is 12.0 Å². The van der Waals surface area contributed by atoms with Crippen molar-refractivity contribution in [3.63, 3.8) is 0 Å². The first-order valence-corrected chi connectivity index (χ1v) is 8.07. The Morgan fingerprint density at radius 3 is 3.13 bits per heavy atom. The van der Waals surface area contributed by atoms with E-state index in [2.05, 4.69) is 21.7 Å². The Bertz CT molecular complexity index is 739. The molecule has 1 aromatic carbocycles. The maximum Gasteiger partial charge on any atom is 0.242 e. The van der Waals surface area contributed by atoms with Crippen LogP contribution < -0.4 is 15.4 Å². The van der Waals surface area contributed by atoms with Crippen LogP contribution in [0.15, 0.2) is 36.4 Å². The van der Waals surface area contributed by atoms with E-state index < -0.39 is 0 Å². The highest BCUT2D eigenvalue weighted by atomic mass is 16.5. The molecule has 1 unspecified atom stereocenters. The molecule has 2 aliphatic heterocycles. The predicted octanol–water partition coefficient (Wildman–Crippen LogP) is 2.37. The van der Waals surface area contributed by atoms with Gasteiger partial charge in [0.15, 0.2) is 0 Å². The van der Waals surface area contributed by atoms with E-state index >= 15 is 0 Å². The van der Waals surface area contributed by atoms with Gasteiger partial charge in [-0.2, -0.15) is 0 Å². The maximum atomic E-state index is 12.2. The number of fused-ring (bicyclic) bond motifs is 1. The number of nitrogens with zero attached hydrogens (tertiary/aromatic N) is 1. The van der Waals surface area contributed by atoms with Crippen molar-refractivity contribution >= 4 is 11.7 Å². The van der Waals surface area contributed by atoms with Gasteiger partial charge in [0.2, 0.25) is 5.91 Å². The van der Waals surface area contributed by atoms with Crippen LogP contribution in [0.2, 0.25) is 0 Å². The Morgan fingerprint density at radius 2 is 2.26 bits per heavy atom. The van der Waals surface area contributed by atoms with Crippen molar-refractivity contribution in [2.24, 2.45) is 0 Å². The summed E-state index contributed by atoms with van der Waals surface area (Å²) in [5.41, 5.74) is 3.12. The molecule has 4 rings (SSSR count). The normalized spacial score (nSPS) is 19.2. The molecule has 118 valence electrons. The van der Waals surface area contributed by atoms with E-state index in [4.69, 9.17) is 4.74 Å². The summed E-state index contributed by atoms with van der Waals surface area (Å²) in [6, 6.07) is 11.7. The van der Waals surface area contributed by atoms with Crippen LogP contribution in [0.25, 0.3) is 11.3 Å². The summed E-state index contributed by atoms with van der Waals surface area (Å²) in [5.74, 6) is 1.55. The topological polar surface area (TPSA) is 63.2 Å². The van der Waals surface area contributed by atoms with E-state index in [0.717, 1.165) is 49.4 Å². The maximum absolute atomic E-state index is 12.2. The molecule has 2 aliphatic rings. The van der Waals surface area contributed by atoms with Gasteiger partial charge in [-0.1, -0.05) is 6.07 Å². The minimum atomic E-state index is -0.0994. The molecule has 0 aliphatic carbocycles. The van der Waals surface area contributed by atoms with Crippen LogP contribution in [0.1, 0.15) is 18.4 Å². The highest BCUT2D eigenvalue weighted by molar-refractivity contribution is 5.94. The largest absolute Gasteiger partial charge is 0.493 e. The first-order chi connectivity index (χ1) is 11.3. The van der Waals surface area contributed by atoms with Gasteiger partial charge in [0.1, 0.15) is 11.6 Å². The lowest BCUT2D eigenvalue weighted by Crippen LogP contribution is -2.35. The number of anilines is 1. The van der Waals surface area contributed by atoms with Crippen LogP contribution in [0, 0.1) is 0 Å². The molecule has 1 fully saturated rings. The Labute approximate surface area is 135 Å². The third-order valence-electron chi connectivity index (χ3n) is 4.36. The van der Waals surface area contributed by atoms with Crippen LogP contribution in [-0.4, -0.2) is 30.1 Å². The molecule has 1 aromatic heterocycles. The third-order valence-corrected chi connectivity index (χ3v) is 4.36. The van der Waals surface area contributed by atoms with Crippen LogP contribution in [-0.2, 0) is 11.2 Å². The molecule has 1 saturated heterocycles. The van der Waals surface area contributed by atoms with Crippen molar-refractivity contribution in [1.82, 2.24) is 10.3 Å². The van der Waals surface area contributed by atoms with E-state index in [1.807, 2.05) is 30.3 Å². The highest BCUT2D eigenvalue weighted by Crippen LogP contribution is 2.30. The third kappa shape index (κ3) is 2.92. The van der Waals surface area contributed by atoms with E-state index in [9.17, 15) is 4.79 Å². The minimum absolute atomic E-state index is 0.00509. The van der Waals surface area contributed by atoms with Gasteiger partial charge in [-0.25, -0.2) is 4.98 Å². The van der Waals surface area contributed by atoms with Crippen LogP contribution in [0.4, 0.5) is 5.82 Å². The second-order valence-electron chi connectivity index (χ2n) is 5.97. The fourth-order valence-electron chi connectivity index (χ4n) is 3.13. The second kappa shape index (κ2) is 6.01. The van der Waals surface area contributed by atoms with Crippen molar-refractivity contribution in [1.29, 1.82) is 0 Å². The van der Waals surface area contributed by atoms with Gasteiger partial charge in [-0.3, -0.25) is 4.79 Å². The molecule has 23 heavy (non-hydrogen) atoms. The number of amides is 1. The van der Waals surface area contributed by atoms with Gasteiger partial charge in [-0.05, 0) is 55.3 Å². The number of benzene rings is 1. The first kappa shape index (κ1) is 14.2. The van der Waals surface area contributed by atoms with E-state index in [1.165, 1.54) is 5.56 Å². The molecule has 0 bridgehead atoms. The van der Waals surface area contributed by atoms with Crippen molar-refractivity contribution < 1.29 is 9.53 Å². The number of carbonyl (C=O) groups is 1. The number of hydrogen-bond donors (Lipinski definition) is 2. The molecular formula is C18H19N3O2. The Morgan fingerprint density at radius 1 is 1.30 bits per heavy atom. The Kier molecular flexibility index (Phi) is 3.71. The standard InChI is InChI=1S/C18H19N3O2/c22-18(15-4-2-9-19-15)21-17-5-1-3-14(20-17)12-6-7-16-13(11-12)8-10-23-16/h1,3,5-7,11,15,19H,2,4,8-10H2,(H,20,21,22). The SMILES string of the molecule is O=C(Nc1cccc(-c2ccc3c(c2)CCO3)n1)C1CCCN1. The van der Waals surface area contributed by atoms with Crippen molar-refractivity contribution in [2.45, 2.75) is 25.3 Å². The molecule has 0 saturated carbocycles. The number of ether oxygens (including phenoxy) is 1. The minimum Gasteiger partial charge on any atom is -0.493 e. The smallest absolute Gasteiger partial charge is 0.242 e. The predicted molar refractivity (Wildman–Crippen MR) is 88.5 cm³/mol. The lowest BCUT2D eigenvalue weighted by molar-refractivity contribution is -0.117. The molecule has 1 atom stereocenters. The van der Waals surface area contributed by atoms with Crippen molar-refractivity contribution in [3.8, 4) is 17.0 Å². The molecule has 5 heteroatoms. The number of hydrogen-bond acceptors (Lipinski definition) is 4. The zero-order valence-electron chi connectivity index (χ0n) is 12.8. The zero-order chi connectivity index (χ0) is 15.6. The summed E-state index contributed by atoms with van der Waals surface area (Å²) in [6.07, 6.45) is 2.87. The highest BCUT2D eigenvalue weighted by Gasteiger charge is 2.22. The fraction of sp³-hybridized carbons (Fsp3) is 0.333. The van der Waals surface area contributed by atoms with Gasteiger partial charge >= 0.3 is 0 Å². The molecule has 0 spiro atoms. The number of carbonyl (C=O) groups excluding carboxylic acids is 1. The Balaban J connectivity index is 1.55. The van der Waals surface area contributed by atoms with Gasteiger partial charge in [0.05, 0.1) is 18.3 Å². The molecule has 1 amide bonds. The van der Waals surface area contributed by atoms with E-state index in [0.29, 0.717) is 5.82 Å². The van der Waals surface area contributed by atoms with Crippen LogP contribution in [0.5, 0.6) is 5.75 Å². The monoisotopic (exact) mass is 309 g/mol. The van der Waals surface area contributed by atoms with Crippen molar-refractivity contribution in [3.05, 3.63) is 42.0 Å². The van der Waals surface area contributed by atoms with Crippen LogP contribution >= 0.6 is 0 Å². The lowest BCUT2D eigenvalue weighted by Gasteiger charge is -2.11. The average Bonchev–Trinajstić information content (AvgIpc) is 3.26. The van der Waals surface area contributed by atoms with E-state index in [1.54, 1.807) is 0 Å². The molecular weight excluding hydrogens is 290 g/mol. The number of nitrogens with one attached hydrogen (secondary N) is 2. The summed E-state index contributed by atoms with van der Waals surface area (Å²) >= 11 is 0. The number of aromatic nitrogens is 1. The quantitative estimate of drug-likeness (QED) is 0.914. The summed E-state index contributed by atoms with van der Waals surface area (Å²) in [6.45, 7) is 1.65. The van der Waals surface area contributed by atoms with Crippen molar-refractivity contribution in [2.75, 3.05) is 18.5 Å². The first-order valence-electron chi connectivity index (χ1n) is 8.07. The zero-order valence-corrected chi connectivity index (χ0v) is 12.8.